The minimum atomic E-state index is -1.82. The van der Waals surface area contributed by atoms with Crippen LogP contribution in [0.3, 0.4) is 0 Å². The van der Waals surface area contributed by atoms with Crippen molar-refractivity contribution in [3.05, 3.63) is 23.3 Å². The van der Waals surface area contributed by atoms with E-state index in [1.54, 1.807) is 6.92 Å². The molecule has 2 N–H and O–H groups in total. The number of ether oxygens (including phenoxy) is 1. The largest absolute Gasteiger partial charge is 0.423 e. The lowest BCUT2D eigenvalue weighted by molar-refractivity contribution is -0.256. The lowest BCUT2D eigenvalue weighted by atomic mass is 9.60. The molecule has 1 heterocycles. The number of hydrogen-bond donors (Lipinski definition) is 2. The summed E-state index contributed by atoms with van der Waals surface area (Å²) in [6, 6.07) is 0. The van der Waals surface area contributed by atoms with Crippen molar-refractivity contribution in [2.75, 3.05) is 0 Å². The van der Waals surface area contributed by atoms with Crippen LogP contribution in [0.25, 0.3) is 0 Å². The molecule has 4 nitrogen and oxygen atoms in total. The number of aliphatic hydroxyl groups is 2. The van der Waals surface area contributed by atoms with Crippen LogP contribution in [-0.4, -0.2) is 28.1 Å². The van der Waals surface area contributed by atoms with E-state index in [1.165, 1.54) is 5.57 Å². The predicted octanol–water partition coefficient (Wildman–Crippen LogP) is 1.14. The maximum atomic E-state index is 11.7. The van der Waals surface area contributed by atoms with E-state index in [9.17, 15) is 15.0 Å². The van der Waals surface area contributed by atoms with E-state index in [4.69, 9.17) is 4.74 Å². The minimum absolute atomic E-state index is 0.144. The van der Waals surface area contributed by atoms with Gasteiger partial charge >= 0.3 is 5.97 Å². The number of esters is 1. The molecule has 4 rings (SSSR count). The smallest absolute Gasteiger partial charge is 0.336 e. The number of rotatable bonds is 0. The molecule has 0 spiro atoms. The zero-order chi connectivity index (χ0) is 13.7. The Kier molecular flexibility index (Phi) is 1.82. The predicted molar refractivity (Wildman–Crippen MR) is 66.7 cm³/mol. The zero-order valence-electron chi connectivity index (χ0n) is 11.1. The lowest BCUT2D eigenvalue weighted by Crippen LogP contribution is -2.59. The number of hydrogen-bond acceptors (Lipinski definition) is 4. The summed E-state index contributed by atoms with van der Waals surface area (Å²) in [5, 5.41) is 21.4. The maximum absolute atomic E-state index is 11.7. The Balaban J connectivity index is 1.88. The van der Waals surface area contributed by atoms with Crippen molar-refractivity contribution in [2.24, 2.45) is 23.2 Å². The zero-order valence-corrected chi connectivity index (χ0v) is 11.1. The molecule has 0 bridgehead atoms. The fourth-order valence-electron chi connectivity index (χ4n) is 4.77. The molecule has 4 heteroatoms. The third-order valence-corrected chi connectivity index (χ3v) is 6.07. The van der Waals surface area contributed by atoms with Crippen molar-refractivity contribution in [1.82, 2.24) is 0 Å². The summed E-state index contributed by atoms with van der Waals surface area (Å²) < 4.78 is 5.12. The van der Waals surface area contributed by atoms with Crippen LogP contribution in [0.5, 0.6) is 0 Å². The first-order chi connectivity index (χ1) is 8.81. The molecule has 0 radical (unpaired) electrons. The first-order valence-corrected chi connectivity index (χ1v) is 6.84. The van der Waals surface area contributed by atoms with E-state index in [-0.39, 0.29) is 5.92 Å². The van der Waals surface area contributed by atoms with Gasteiger partial charge in [0.05, 0.1) is 0 Å². The number of aliphatic hydroxyl groups excluding tert-OH is 1. The van der Waals surface area contributed by atoms with Crippen LogP contribution < -0.4 is 0 Å². The van der Waals surface area contributed by atoms with Gasteiger partial charge in [-0.1, -0.05) is 19.1 Å². The van der Waals surface area contributed by atoms with Crippen LogP contribution >= 0.6 is 0 Å². The first-order valence-electron chi connectivity index (χ1n) is 6.84. The molecule has 4 aliphatic rings. The molecule has 1 aliphatic heterocycles. The Morgan fingerprint density at radius 1 is 1.47 bits per heavy atom. The van der Waals surface area contributed by atoms with Crippen molar-refractivity contribution in [3.63, 3.8) is 0 Å². The summed E-state index contributed by atoms with van der Waals surface area (Å²) in [5.41, 5.74) is 1.74. The van der Waals surface area contributed by atoms with Crippen molar-refractivity contribution in [2.45, 2.75) is 38.6 Å². The second-order valence-electron chi connectivity index (χ2n) is 6.74. The summed E-state index contributed by atoms with van der Waals surface area (Å²) in [6.45, 7) is 7.84. The van der Waals surface area contributed by atoms with Crippen molar-refractivity contribution in [3.8, 4) is 0 Å². The SMILES string of the molecule is C=C1[C@H]2C[C@H]2[C@@]2(C)[C@@H]1CC1=C(C)C(=O)O[C@]1(O)[C@@H]2O. The van der Waals surface area contributed by atoms with Crippen LogP contribution in [0, 0.1) is 23.2 Å². The highest BCUT2D eigenvalue weighted by molar-refractivity contribution is 5.92. The van der Waals surface area contributed by atoms with Gasteiger partial charge in [-0.2, -0.15) is 0 Å². The quantitative estimate of drug-likeness (QED) is 0.507. The lowest BCUT2D eigenvalue weighted by Gasteiger charge is -2.49. The Morgan fingerprint density at radius 2 is 2.16 bits per heavy atom. The van der Waals surface area contributed by atoms with Crippen LogP contribution in [0.4, 0.5) is 0 Å². The number of allylic oxidation sites excluding steroid dienone is 1. The van der Waals surface area contributed by atoms with Gasteiger partial charge in [0.15, 0.2) is 0 Å². The summed E-state index contributed by atoms with van der Waals surface area (Å²) in [6.07, 6.45) is 0.544. The van der Waals surface area contributed by atoms with Gasteiger partial charge in [-0.15, -0.1) is 0 Å². The van der Waals surface area contributed by atoms with Crippen LogP contribution in [0.15, 0.2) is 23.3 Å². The molecule has 0 aromatic heterocycles. The van der Waals surface area contributed by atoms with Gasteiger partial charge in [-0.3, -0.25) is 0 Å². The third kappa shape index (κ3) is 1.04. The average Bonchev–Trinajstić information content (AvgIpc) is 3.07. The summed E-state index contributed by atoms with van der Waals surface area (Å²) >= 11 is 0. The number of carbonyl (C=O) groups is 1. The van der Waals surface area contributed by atoms with Gasteiger partial charge in [-0.05, 0) is 37.5 Å². The third-order valence-electron chi connectivity index (χ3n) is 6.07. The molecule has 3 fully saturated rings. The molecule has 0 aromatic rings. The van der Waals surface area contributed by atoms with Gasteiger partial charge in [0, 0.05) is 16.6 Å². The summed E-state index contributed by atoms with van der Waals surface area (Å²) in [5.74, 6) is -1.35. The highest BCUT2D eigenvalue weighted by Gasteiger charge is 2.73. The Bertz CT molecular complexity index is 562. The van der Waals surface area contributed by atoms with Gasteiger partial charge < -0.3 is 14.9 Å². The molecule has 3 aliphatic carbocycles. The first kappa shape index (κ1) is 11.7. The summed E-state index contributed by atoms with van der Waals surface area (Å²) in [7, 11) is 0. The molecule has 0 amide bonds. The van der Waals surface area contributed by atoms with Crippen molar-refractivity contribution in [1.29, 1.82) is 0 Å². The Labute approximate surface area is 111 Å². The molecule has 0 aromatic carbocycles. The molecule has 6 atom stereocenters. The minimum Gasteiger partial charge on any atom is -0.423 e. The van der Waals surface area contributed by atoms with E-state index >= 15 is 0 Å². The number of carbonyl (C=O) groups excluding carboxylic acids is 1. The molecule has 19 heavy (non-hydrogen) atoms. The molecule has 0 saturated heterocycles. The number of fused-ring (bicyclic) bond motifs is 4. The van der Waals surface area contributed by atoms with E-state index in [1.807, 2.05) is 6.92 Å². The molecule has 0 unspecified atom stereocenters. The average molecular weight is 262 g/mol. The van der Waals surface area contributed by atoms with E-state index in [0.29, 0.717) is 29.4 Å². The van der Waals surface area contributed by atoms with Gasteiger partial charge in [0.2, 0.25) is 0 Å². The fraction of sp³-hybridized carbons (Fsp3) is 0.667. The highest BCUT2D eigenvalue weighted by atomic mass is 16.7. The second kappa shape index (κ2) is 2.96. The van der Waals surface area contributed by atoms with E-state index < -0.39 is 23.3 Å². The normalized spacial score (nSPS) is 54.7. The topological polar surface area (TPSA) is 66.8 Å². The molecule has 102 valence electrons. The van der Waals surface area contributed by atoms with Crippen LogP contribution in [-0.2, 0) is 9.53 Å². The van der Waals surface area contributed by atoms with Gasteiger partial charge in [0.25, 0.3) is 5.79 Å². The van der Waals surface area contributed by atoms with Crippen molar-refractivity contribution < 1.29 is 19.7 Å². The highest BCUT2D eigenvalue weighted by Crippen LogP contribution is 2.73. The molecular weight excluding hydrogens is 244 g/mol. The van der Waals surface area contributed by atoms with Crippen molar-refractivity contribution >= 4 is 5.97 Å². The van der Waals surface area contributed by atoms with Crippen LogP contribution in [0.2, 0.25) is 0 Å². The molecule has 3 saturated carbocycles. The monoisotopic (exact) mass is 262 g/mol. The molecular formula is C15H18O4. The van der Waals surface area contributed by atoms with Gasteiger partial charge in [-0.25, -0.2) is 4.79 Å². The van der Waals surface area contributed by atoms with Crippen LogP contribution in [0.1, 0.15) is 26.7 Å². The van der Waals surface area contributed by atoms with E-state index in [0.717, 1.165) is 6.42 Å². The second-order valence-corrected chi connectivity index (χ2v) is 6.74. The van der Waals surface area contributed by atoms with E-state index in [2.05, 4.69) is 6.58 Å². The fourth-order valence-corrected chi connectivity index (χ4v) is 4.77. The maximum Gasteiger partial charge on any atom is 0.336 e. The Hall–Kier alpha value is -1.13. The Morgan fingerprint density at radius 3 is 2.84 bits per heavy atom. The summed E-state index contributed by atoms with van der Waals surface area (Å²) in [4.78, 5) is 11.7. The van der Waals surface area contributed by atoms with Gasteiger partial charge in [0.1, 0.15) is 6.10 Å². The standard InChI is InChI=1S/C15H18O4/c1-6-8-4-11(8)14(3)9(6)5-10-7(2)12(16)19-15(10,18)13(14)17/h8-9,11,13,17-18H,1,4-5H2,2-3H3/t8-,9-,11-,13-,14-,15+/m1/s1.